The van der Waals surface area contributed by atoms with Gasteiger partial charge in [0.15, 0.2) is 16.6 Å². The second kappa shape index (κ2) is 10.3. The van der Waals surface area contributed by atoms with Crippen LogP contribution in [0.15, 0.2) is 47.6 Å². The van der Waals surface area contributed by atoms with Crippen molar-refractivity contribution in [3.63, 3.8) is 0 Å². The summed E-state index contributed by atoms with van der Waals surface area (Å²) in [4.78, 5) is 0. The van der Waals surface area contributed by atoms with Crippen LogP contribution in [0.3, 0.4) is 0 Å². The molecule has 0 bridgehead atoms. The van der Waals surface area contributed by atoms with E-state index in [2.05, 4.69) is 20.6 Å². The summed E-state index contributed by atoms with van der Waals surface area (Å²) in [6, 6.07) is 12.7. The molecule has 27 heavy (non-hydrogen) atoms. The molecule has 0 saturated carbocycles. The Kier molecular flexibility index (Phi) is 7.75. The highest BCUT2D eigenvalue weighted by Gasteiger charge is 2.17. The Hall–Kier alpha value is -2.94. The van der Waals surface area contributed by atoms with Gasteiger partial charge in [-0.1, -0.05) is 30.3 Å². The number of rotatable bonds is 8. The third-order valence-corrected chi connectivity index (χ3v) is 3.60. The van der Waals surface area contributed by atoms with Gasteiger partial charge in [-0.3, -0.25) is 5.43 Å². The quantitative estimate of drug-likeness (QED) is 0.406. The average Bonchev–Trinajstić information content (AvgIpc) is 2.67. The number of hydrazone groups is 1. The molecule has 2 aromatic carbocycles. The van der Waals surface area contributed by atoms with Gasteiger partial charge >= 0.3 is 6.61 Å². The summed E-state index contributed by atoms with van der Waals surface area (Å²) in [6.45, 7) is -2.44. The number of hydrogen-bond donors (Lipinski definition) is 2. The van der Waals surface area contributed by atoms with Crippen LogP contribution in [0.4, 0.5) is 8.78 Å². The van der Waals surface area contributed by atoms with E-state index in [0.717, 1.165) is 5.56 Å². The lowest BCUT2D eigenvalue weighted by molar-refractivity contribution is -0.0526. The Labute approximate surface area is 161 Å². The molecule has 0 unspecified atom stereocenters. The van der Waals surface area contributed by atoms with E-state index in [1.807, 2.05) is 30.3 Å². The number of hydrogen-bond acceptors (Lipinski definition) is 5. The van der Waals surface area contributed by atoms with Crippen LogP contribution in [-0.4, -0.2) is 32.2 Å². The largest absolute Gasteiger partial charge is 0.493 e. The number of nitrogens with one attached hydrogen (secondary N) is 2. The summed E-state index contributed by atoms with van der Waals surface area (Å²) in [7, 11) is 2.68. The highest BCUT2D eigenvalue weighted by atomic mass is 32.1. The number of ether oxygens (including phenoxy) is 3. The van der Waals surface area contributed by atoms with Gasteiger partial charge in [-0.05, 0) is 29.9 Å². The third-order valence-electron chi connectivity index (χ3n) is 3.37. The van der Waals surface area contributed by atoms with E-state index in [9.17, 15) is 8.78 Å². The van der Waals surface area contributed by atoms with Crippen molar-refractivity contribution in [1.29, 1.82) is 0 Å². The van der Waals surface area contributed by atoms with E-state index in [-0.39, 0.29) is 17.2 Å². The van der Waals surface area contributed by atoms with E-state index in [1.54, 1.807) is 0 Å². The molecule has 144 valence electrons. The predicted octanol–water partition coefficient (Wildman–Crippen LogP) is 3.30. The van der Waals surface area contributed by atoms with Gasteiger partial charge < -0.3 is 19.5 Å². The molecule has 6 nitrogen and oxygen atoms in total. The van der Waals surface area contributed by atoms with Crippen molar-refractivity contribution in [2.24, 2.45) is 5.10 Å². The smallest absolute Gasteiger partial charge is 0.387 e. The van der Waals surface area contributed by atoms with Gasteiger partial charge in [0, 0.05) is 12.1 Å². The van der Waals surface area contributed by atoms with Crippen LogP contribution >= 0.6 is 12.2 Å². The zero-order valence-corrected chi connectivity index (χ0v) is 15.6. The Balaban J connectivity index is 2.00. The number of benzene rings is 2. The highest BCUT2D eigenvalue weighted by molar-refractivity contribution is 7.80. The van der Waals surface area contributed by atoms with Gasteiger partial charge in [-0.2, -0.15) is 13.9 Å². The highest BCUT2D eigenvalue weighted by Crippen LogP contribution is 2.39. The monoisotopic (exact) mass is 395 g/mol. The molecule has 0 heterocycles. The van der Waals surface area contributed by atoms with Crippen molar-refractivity contribution in [3.8, 4) is 17.2 Å². The van der Waals surface area contributed by atoms with Crippen molar-refractivity contribution < 1.29 is 23.0 Å². The lowest BCUT2D eigenvalue weighted by atomic mass is 10.2. The summed E-state index contributed by atoms with van der Waals surface area (Å²) < 4.78 is 39.7. The summed E-state index contributed by atoms with van der Waals surface area (Å²) in [6.07, 6.45) is 1.45. The fraction of sp³-hybridized carbons (Fsp3) is 0.222. The maximum atomic E-state index is 12.5. The lowest BCUT2D eigenvalue weighted by Crippen LogP contribution is -2.31. The van der Waals surface area contributed by atoms with Crippen LogP contribution < -0.4 is 25.0 Å². The normalized spacial score (nSPS) is 10.7. The first-order valence-electron chi connectivity index (χ1n) is 7.85. The van der Waals surface area contributed by atoms with Crippen LogP contribution in [-0.2, 0) is 6.54 Å². The van der Waals surface area contributed by atoms with Crippen LogP contribution in [0.25, 0.3) is 0 Å². The molecular formula is C18H19F2N3O3S. The molecule has 0 aliphatic heterocycles. The zero-order chi connectivity index (χ0) is 19.6. The third kappa shape index (κ3) is 6.37. The minimum Gasteiger partial charge on any atom is -0.493 e. The van der Waals surface area contributed by atoms with E-state index < -0.39 is 6.61 Å². The molecule has 0 amide bonds. The Morgan fingerprint density at radius 2 is 1.78 bits per heavy atom. The molecule has 0 radical (unpaired) electrons. The number of halogens is 2. The van der Waals surface area contributed by atoms with E-state index in [0.29, 0.717) is 17.2 Å². The van der Waals surface area contributed by atoms with Crippen LogP contribution in [0.1, 0.15) is 11.1 Å². The summed E-state index contributed by atoms with van der Waals surface area (Å²) in [5, 5.41) is 7.37. The van der Waals surface area contributed by atoms with Gasteiger partial charge in [0.25, 0.3) is 0 Å². The first-order chi connectivity index (χ1) is 13.0. The molecule has 9 heteroatoms. The molecule has 0 fully saturated rings. The van der Waals surface area contributed by atoms with Gasteiger partial charge in [0.2, 0.25) is 5.75 Å². The van der Waals surface area contributed by atoms with Gasteiger partial charge in [-0.15, -0.1) is 0 Å². The minimum absolute atomic E-state index is 0.0980. The fourth-order valence-electron chi connectivity index (χ4n) is 2.16. The predicted molar refractivity (Wildman–Crippen MR) is 103 cm³/mol. The van der Waals surface area contributed by atoms with E-state index in [4.69, 9.17) is 21.7 Å². The molecular weight excluding hydrogens is 376 g/mol. The van der Waals surface area contributed by atoms with Crippen LogP contribution in [0, 0.1) is 0 Å². The summed E-state index contributed by atoms with van der Waals surface area (Å²) in [5.74, 6) is 0.0157. The molecule has 2 N–H and O–H groups in total. The van der Waals surface area contributed by atoms with Gasteiger partial charge in [0.05, 0.1) is 20.4 Å². The molecule has 0 aliphatic carbocycles. The summed E-state index contributed by atoms with van der Waals surface area (Å²) in [5.41, 5.74) is 4.30. The molecule has 0 aromatic heterocycles. The van der Waals surface area contributed by atoms with Gasteiger partial charge in [-0.25, -0.2) is 0 Å². The van der Waals surface area contributed by atoms with Crippen molar-refractivity contribution in [2.75, 3.05) is 14.2 Å². The fourth-order valence-corrected chi connectivity index (χ4v) is 2.29. The molecule has 0 atom stereocenters. The van der Waals surface area contributed by atoms with E-state index in [1.165, 1.54) is 32.6 Å². The number of nitrogens with zero attached hydrogens (tertiary/aromatic N) is 1. The topological polar surface area (TPSA) is 64.1 Å². The second-order valence-electron chi connectivity index (χ2n) is 5.17. The maximum absolute atomic E-state index is 12.5. The number of thiocarbonyl (C=S) groups is 1. The van der Waals surface area contributed by atoms with Crippen LogP contribution in [0.2, 0.25) is 0 Å². The molecule has 0 spiro atoms. The number of methoxy groups -OCH3 is 2. The molecule has 0 saturated heterocycles. The van der Waals surface area contributed by atoms with Crippen molar-refractivity contribution in [3.05, 3.63) is 53.6 Å². The molecule has 0 aliphatic rings. The minimum atomic E-state index is -3.00. The standard InChI is InChI=1S/C18H19F2N3O3S/c1-24-14-8-13(9-15(25-2)16(14)26-17(19)20)11-22-23-18(27)21-10-12-6-4-3-5-7-12/h3-9,11,17H,10H2,1-2H3,(H2,21,23,27)/b22-11-. The van der Waals surface area contributed by atoms with E-state index >= 15 is 0 Å². The Morgan fingerprint density at radius 3 is 2.33 bits per heavy atom. The number of alkyl halides is 2. The Bertz CT molecular complexity index is 764. The van der Waals surface area contributed by atoms with Crippen molar-refractivity contribution in [1.82, 2.24) is 10.7 Å². The molecule has 2 aromatic rings. The first kappa shape index (κ1) is 20.4. The van der Waals surface area contributed by atoms with Crippen molar-refractivity contribution >= 4 is 23.5 Å². The second-order valence-corrected chi connectivity index (χ2v) is 5.58. The van der Waals surface area contributed by atoms with Crippen LogP contribution in [0.5, 0.6) is 17.2 Å². The Morgan fingerprint density at radius 1 is 1.15 bits per heavy atom. The summed E-state index contributed by atoms with van der Waals surface area (Å²) >= 11 is 5.15. The SMILES string of the molecule is COc1cc(/C=N\NC(=S)NCc2ccccc2)cc(OC)c1OC(F)F. The maximum Gasteiger partial charge on any atom is 0.387 e. The van der Waals surface area contributed by atoms with Gasteiger partial charge in [0.1, 0.15) is 0 Å². The molecule has 2 rings (SSSR count). The lowest BCUT2D eigenvalue weighted by Gasteiger charge is -2.14. The van der Waals surface area contributed by atoms with Crippen molar-refractivity contribution in [2.45, 2.75) is 13.2 Å². The first-order valence-corrected chi connectivity index (χ1v) is 8.26. The zero-order valence-electron chi connectivity index (χ0n) is 14.7. The average molecular weight is 395 g/mol.